The number of non-ortho nitro benzene ring substituents is 1. The van der Waals surface area contributed by atoms with Crippen molar-refractivity contribution in [1.82, 2.24) is 5.43 Å². The van der Waals surface area contributed by atoms with E-state index < -0.39 is 10.8 Å². The van der Waals surface area contributed by atoms with Crippen molar-refractivity contribution in [3.63, 3.8) is 0 Å². The van der Waals surface area contributed by atoms with Crippen LogP contribution in [0.2, 0.25) is 5.02 Å². The third kappa shape index (κ3) is 3.82. The number of methoxy groups -OCH3 is 1. The van der Waals surface area contributed by atoms with Gasteiger partial charge in [0.05, 0.1) is 18.2 Å². The standard InChI is InChI=1S/C17H12ClN3O6/c1-26-14-7-11(18)4-10(16(14)22)8-19-20-17(23)15-6-9-5-12(21(24)25)2-3-13(9)27-15/h2-8,22H,1H3,(H,20,23)/b19-8+. The van der Waals surface area contributed by atoms with Crippen LogP contribution in [0, 0.1) is 10.1 Å². The number of fused-ring (bicyclic) bond motifs is 1. The molecule has 0 unspecified atom stereocenters. The lowest BCUT2D eigenvalue weighted by Gasteiger charge is -2.06. The van der Waals surface area contributed by atoms with Gasteiger partial charge in [0.25, 0.3) is 5.69 Å². The van der Waals surface area contributed by atoms with Crippen LogP contribution in [0.5, 0.6) is 11.5 Å². The Labute approximate surface area is 157 Å². The fourth-order valence-electron chi connectivity index (χ4n) is 2.32. The van der Waals surface area contributed by atoms with Crippen molar-refractivity contribution in [3.05, 3.63) is 62.9 Å². The van der Waals surface area contributed by atoms with Crippen molar-refractivity contribution in [2.24, 2.45) is 5.10 Å². The zero-order valence-electron chi connectivity index (χ0n) is 13.8. The third-order valence-corrected chi connectivity index (χ3v) is 3.81. The topological polar surface area (TPSA) is 127 Å². The van der Waals surface area contributed by atoms with Gasteiger partial charge in [0.2, 0.25) is 0 Å². The molecular weight excluding hydrogens is 378 g/mol. The summed E-state index contributed by atoms with van der Waals surface area (Å²) in [6.07, 6.45) is 1.19. The van der Waals surface area contributed by atoms with Gasteiger partial charge in [-0.05, 0) is 18.2 Å². The molecule has 0 saturated heterocycles. The molecule has 3 rings (SSSR count). The Kier molecular flexibility index (Phi) is 4.95. The zero-order valence-corrected chi connectivity index (χ0v) is 14.6. The Morgan fingerprint density at radius 3 is 2.85 bits per heavy atom. The number of halogens is 1. The van der Waals surface area contributed by atoms with Crippen molar-refractivity contribution in [2.45, 2.75) is 0 Å². The number of amides is 1. The highest BCUT2D eigenvalue weighted by molar-refractivity contribution is 6.31. The number of carbonyl (C=O) groups is 1. The highest BCUT2D eigenvalue weighted by Gasteiger charge is 2.15. The molecule has 27 heavy (non-hydrogen) atoms. The molecule has 3 aromatic rings. The second-order valence-corrected chi connectivity index (χ2v) is 5.77. The first-order chi connectivity index (χ1) is 12.9. The zero-order chi connectivity index (χ0) is 19.6. The number of carbonyl (C=O) groups excluding carboxylic acids is 1. The van der Waals surface area contributed by atoms with E-state index in [9.17, 15) is 20.0 Å². The van der Waals surface area contributed by atoms with Crippen LogP contribution in [0.25, 0.3) is 11.0 Å². The molecule has 0 aliphatic carbocycles. The molecule has 1 heterocycles. The summed E-state index contributed by atoms with van der Waals surface area (Å²) in [5, 5.41) is 25.3. The van der Waals surface area contributed by atoms with Crippen molar-refractivity contribution < 1.29 is 24.0 Å². The van der Waals surface area contributed by atoms with Gasteiger partial charge >= 0.3 is 5.91 Å². The van der Waals surface area contributed by atoms with Gasteiger partial charge in [-0.25, -0.2) is 5.43 Å². The number of phenols is 1. The normalized spacial score (nSPS) is 11.0. The second-order valence-electron chi connectivity index (χ2n) is 5.33. The largest absolute Gasteiger partial charge is 0.504 e. The molecule has 1 amide bonds. The lowest BCUT2D eigenvalue weighted by molar-refractivity contribution is -0.384. The van der Waals surface area contributed by atoms with E-state index in [1.54, 1.807) is 0 Å². The molecule has 10 heteroatoms. The predicted molar refractivity (Wildman–Crippen MR) is 97.6 cm³/mol. The number of rotatable bonds is 5. The maximum atomic E-state index is 12.1. The molecule has 138 valence electrons. The van der Waals surface area contributed by atoms with E-state index >= 15 is 0 Å². The number of nitrogens with one attached hydrogen (secondary N) is 1. The van der Waals surface area contributed by atoms with E-state index in [-0.39, 0.29) is 28.5 Å². The fraction of sp³-hybridized carbons (Fsp3) is 0.0588. The molecule has 2 aromatic carbocycles. The minimum absolute atomic E-state index is 0.0736. The highest BCUT2D eigenvalue weighted by atomic mass is 35.5. The maximum absolute atomic E-state index is 12.1. The first kappa shape index (κ1) is 18.2. The summed E-state index contributed by atoms with van der Waals surface area (Å²) in [6, 6.07) is 8.22. The third-order valence-electron chi connectivity index (χ3n) is 3.59. The summed E-state index contributed by atoms with van der Waals surface area (Å²) in [4.78, 5) is 22.4. The van der Waals surface area contributed by atoms with E-state index in [0.29, 0.717) is 16.0 Å². The Morgan fingerprint density at radius 1 is 1.37 bits per heavy atom. The number of hydrogen-bond acceptors (Lipinski definition) is 7. The van der Waals surface area contributed by atoms with Gasteiger partial charge in [-0.15, -0.1) is 0 Å². The van der Waals surface area contributed by atoms with Crippen LogP contribution in [0.1, 0.15) is 16.1 Å². The van der Waals surface area contributed by atoms with Gasteiger partial charge < -0.3 is 14.3 Å². The first-order valence-corrected chi connectivity index (χ1v) is 7.84. The van der Waals surface area contributed by atoms with Gasteiger partial charge in [-0.3, -0.25) is 14.9 Å². The van der Waals surface area contributed by atoms with Crippen molar-refractivity contribution in [1.29, 1.82) is 0 Å². The number of ether oxygens (including phenoxy) is 1. The van der Waals surface area contributed by atoms with Crippen LogP contribution in [-0.4, -0.2) is 29.3 Å². The number of furan rings is 1. The van der Waals surface area contributed by atoms with Crippen molar-refractivity contribution in [3.8, 4) is 11.5 Å². The van der Waals surface area contributed by atoms with E-state index in [2.05, 4.69) is 10.5 Å². The summed E-state index contributed by atoms with van der Waals surface area (Å²) < 4.78 is 10.3. The molecule has 0 saturated carbocycles. The monoisotopic (exact) mass is 389 g/mol. The molecule has 0 fully saturated rings. The number of hydrogen-bond donors (Lipinski definition) is 2. The lowest BCUT2D eigenvalue weighted by Crippen LogP contribution is -2.16. The van der Waals surface area contributed by atoms with Crippen LogP contribution in [0.4, 0.5) is 5.69 Å². The number of nitro benzene ring substituents is 1. The smallest absolute Gasteiger partial charge is 0.307 e. The van der Waals surface area contributed by atoms with Gasteiger partial charge in [0.15, 0.2) is 17.3 Å². The molecular formula is C17H12ClN3O6. The van der Waals surface area contributed by atoms with E-state index in [1.165, 1.54) is 49.7 Å². The average molecular weight is 390 g/mol. The number of nitrogens with zero attached hydrogens (tertiary/aromatic N) is 2. The molecule has 9 nitrogen and oxygen atoms in total. The molecule has 0 aliphatic rings. The summed E-state index contributed by atoms with van der Waals surface area (Å²) >= 11 is 5.92. The molecule has 0 spiro atoms. The van der Waals surface area contributed by atoms with Crippen LogP contribution in [0.15, 0.2) is 45.9 Å². The first-order valence-electron chi connectivity index (χ1n) is 7.47. The molecule has 0 bridgehead atoms. The predicted octanol–water partition coefficient (Wildman–Crippen LogP) is 3.47. The quantitative estimate of drug-likeness (QED) is 0.390. The minimum Gasteiger partial charge on any atom is -0.504 e. The number of phenolic OH excluding ortho intramolecular Hbond substituents is 1. The molecule has 0 aliphatic heterocycles. The Bertz CT molecular complexity index is 1080. The summed E-state index contributed by atoms with van der Waals surface area (Å²) in [5.74, 6) is -0.765. The summed E-state index contributed by atoms with van der Waals surface area (Å²) in [5.41, 5.74) is 2.69. The second kappa shape index (κ2) is 7.34. The molecule has 0 atom stereocenters. The minimum atomic E-state index is -0.668. The van der Waals surface area contributed by atoms with Crippen LogP contribution in [-0.2, 0) is 0 Å². The van der Waals surface area contributed by atoms with Gasteiger partial charge in [-0.1, -0.05) is 11.6 Å². The number of benzene rings is 2. The number of hydrazone groups is 1. The lowest BCUT2D eigenvalue weighted by atomic mass is 10.2. The van der Waals surface area contributed by atoms with Crippen molar-refractivity contribution in [2.75, 3.05) is 7.11 Å². The maximum Gasteiger partial charge on any atom is 0.307 e. The Morgan fingerprint density at radius 2 is 2.15 bits per heavy atom. The van der Waals surface area contributed by atoms with Crippen LogP contribution >= 0.6 is 11.6 Å². The summed E-state index contributed by atoms with van der Waals surface area (Å²) in [7, 11) is 1.37. The van der Waals surface area contributed by atoms with Gasteiger partial charge in [0, 0.05) is 34.2 Å². The number of nitro groups is 1. The highest BCUT2D eigenvalue weighted by Crippen LogP contribution is 2.32. The molecule has 1 aromatic heterocycles. The summed E-state index contributed by atoms with van der Waals surface area (Å²) in [6.45, 7) is 0. The SMILES string of the molecule is COc1cc(Cl)cc(/C=N/NC(=O)c2cc3cc([N+](=O)[O-])ccc3o2)c1O. The van der Waals surface area contributed by atoms with Gasteiger partial charge in [-0.2, -0.15) is 5.10 Å². The number of aromatic hydroxyl groups is 1. The average Bonchev–Trinajstić information content (AvgIpc) is 3.07. The van der Waals surface area contributed by atoms with E-state index in [0.717, 1.165) is 0 Å². The van der Waals surface area contributed by atoms with Crippen LogP contribution < -0.4 is 10.2 Å². The van der Waals surface area contributed by atoms with E-state index in [4.69, 9.17) is 20.8 Å². The van der Waals surface area contributed by atoms with Crippen LogP contribution in [0.3, 0.4) is 0 Å². The Hall–Kier alpha value is -3.59. The molecule has 2 N–H and O–H groups in total. The fourth-order valence-corrected chi connectivity index (χ4v) is 2.54. The Balaban J connectivity index is 1.78. The van der Waals surface area contributed by atoms with Gasteiger partial charge in [0.1, 0.15) is 5.58 Å². The van der Waals surface area contributed by atoms with Crippen molar-refractivity contribution >= 4 is 40.4 Å². The van der Waals surface area contributed by atoms with E-state index in [1.807, 2.05) is 0 Å². The molecule has 0 radical (unpaired) electrons.